The van der Waals surface area contributed by atoms with E-state index in [2.05, 4.69) is 50.1 Å². The van der Waals surface area contributed by atoms with Gasteiger partial charge in [0.1, 0.15) is 5.75 Å². The van der Waals surface area contributed by atoms with E-state index in [0.29, 0.717) is 0 Å². The molecule has 2 rings (SSSR count). The molecule has 0 aliphatic rings. The van der Waals surface area contributed by atoms with Crippen LogP contribution in [0.4, 0.5) is 0 Å². The van der Waals surface area contributed by atoms with Crippen LogP contribution >= 0.6 is 0 Å². The summed E-state index contributed by atoms with van der Waals surface area (Å²) in [7, 11) is 1.74. The first-order chi connectivity index (χ1) is 10.1. The smallest absolute Gasteiger partial charge is 0.127 e. The van der Waals surface area contributed by atoms with Crippen molar-refractivity contribution < 1.29 is 4.74 Å². The van der Waals surface area contributed by atoms with E-state index in [0.717, 1.165) is 12.3 Å². The second-order valence-corrected chi connectivity index (χ2v) is 5.35. The molecular weight excluding hydrogens is 260 g/mol. The van der Waals surface area contributed by atoms with Gasteiger partial charge in [-0.2, -0.15) is 0 Å². The lowest BCUT2D eigenvalue weighted by atomic mass is 9.93. The maximum Gasteiger partial charge on any atom is 0.127 e. The van der Waals surface area contributed by atoms with Crippen LogP contribution in [0.25, 0.3) is 0 Å². The lowest BCUT2D eigenvalue weighted by Crippen LogP contribution is -2.23. The summed E-state index contributed by atoms with van der Waals surface area (Å²) in [6.07, 6.45) is 3.77. The average molecular weight is 284 g/mol. The maximum atomic E-state index is 5.69. The Labute approximate surface area is 127 Å². The number of aromatic nitrogens is 1. The monoisotopic (exact) mass is 284 g/mol. The molecule has 1 heterocycles. The van der Waals surface area contributed by atoms with Crippen LogP contribution in [0.2, 0.25) is 0 Å². The van der Waals surface area contributed by atoms with Crippen molar-refractivity contribution in [3.63, 3.8) is 0 Å². The summed E-state index contributed by atoms with van der Waals surface area (Å²) in [5.41, 5.74) is 6.03. The second-order valence-electron chi connectivity index (χ2n) is 5.35. The normalized spacial score (nSPS) is 12.2. The zero-order chi connectivity index (χ0) is 15.4. The number of pyridine rings is 1. The Morgan fingerprint density at radius 1 is 1.10 bits per heavy atom. The topological polar surface area (TPSA) is 34.2 Å². The Balaban J connectivity index is 2.59. The molecule has 0 aliphatic heterocycles. The van der Waals surface area contributed by atoms with Crippen molar-refractivity contribution in [2.45, 2.75) is 33.7 Å². The summed E-state index contributed by atoms with van der Waals surface area (Å²) in [5.74, 6) is 0.962. The van der Waals surface area contributed by atoms with Crippen LogP contribution in [0.3, 0.4) is 0 Å². The Morgan fingerprint density at radius 3 is 2.48 bits per heavy atom. The van der Waals surface area contributed by atoms with Gasteiger partial charge in [0.05, 0.1) is 13.2 Å². The Hall–Kier alpha value is -1.87. The number of aryl methyl sites for hydroxylation is 2. The molecule has 0 spiro atoms. The fourth-order valence-corrected chi connectivity index (χ4v) is 2.68. The molecule has 0 saturated heterocycles. The van der Waals surface area contributed by atoms with Gasteiger partial charge in [-0.1, -0.05) is 19.1 Å². The van der Waals surface area contributed by atoms with E-state index in [1.54, 1.807) is 7.11 Å². The highest BCUT2D eigenvalue weighted by Gasteiger charge is 2.21. The standard InChI is InChI=1S/C18H24N2O/c1-6-20-17(16-11-19-10-9-13(16)3)15-8-7-12(2)14(4)18(15)21-5/h7-11,17,20H,6H2,1-5H3. The quantitative estimate of drug-likeness (QED) is 0.908. The highest BCUT2D eigenvalue weighted by molar-refractivity contribution is 5.50. The van der Waals surface area contributed by atoms with Crippen LogP contribution in [0.5, 0.6) is 5.75 Å². The van der Waals surface area contributed by atoms with Crippen LogP contribution in [-0.4, -0.2) is 18.6 Å². The van der Waals surface area contributed by atoms with Crippen LogP contribution in [0, 0.1) is 20.8 Å². The van der Waals surface area contributed by atoms with Crippen LogP contribution < -0.4 is 10.1 Å². The van der Waals surface area contributed by atoms with Gasteiger partial charge in [-0.15, -0.1) is 0 Å². The SMILES string of the molecule is CCNC(c1cnccc1C)c1ccc(C)c(C)c1OC. The molecule has 0 aliphatic carbocycles. The molecule has 1 unspecified atom stereocenters. The molecule has 1 aromatic heterocycles. The van der Waals surface area contributed by atoms with Crippen molar-refractivity contribution in [3.05, 3.63) is 58.4 Å². The Morgan fingerprint density at radius 2 is 1.86 bits per heavy atom. The Bertz CT molecular complexity index is 623. The highest BCUT2D eigenvalue weighted by atomic mass is 16.5. The molecule has 112 valence electrons. The largest absolute Gasteiger partial charge is 0.496 e. The molecule has 3 heteroatoms. The summed E-state index contributed by atoms with van der Waals surface area (Å²) >= 11 is 0. The van der Waals surface area contributed by atoms with Crippen molar-refractivity contribution in [3.8, 4) is 5.75 Å². The van der Waals surface area contributed by atoms with Gasteiger partial charge in [-0.05, 0) is 55.6 Å². The number of methoxy groups -OCH3 is 1. The lowest BCUT2D eigenvalue weighted by Gasteiger charge is -2.24. The van der Waals surface area contributed by atoms with E-state index in [-0.39, 0.29) is 6.04 Å². The average Bonchev–Trinajstić information content (AvgIpc) is 2.48. The van der Waals surface area contributed by atoms with Gasteiger partial charge in [0.2, 0.25) is 0 Å². The summed E-state index contributed by atoms with van der Waals surface area (Å²) < 4.78 is 5.69. The third-order valence-electron chi connectivity index (χ3n) is 4.02. The molecule has 1 aromatic carbocycles. The van der Waals surface area contributed by atoms with E-state index in [4.69, 9.17) is 4.74 Å². The molecule has 2 aromatic rings. The van der Waals surface area contributed by atoms with Gasteiger partial charge in [0.15, 0.2) is 0 Å². The predicted molar refractivity (Wildman–Crippen MR) is 87.0 cm³/mol. The summed E-state index contributed by atoms with van der Waals surface area (Å²) in [5, 5.41) is 3.56. The first-order valence-corrected chi connectivity index (χ1v) is 7.38. The number of rotatable bonds is 5. The minimum atomic E-state index is 0.0953. The fourth-order valence-electron chi connectivity index (χ4n) is 2.68. The number of ether oxygens (including phenoxy) is 1. The van der Waals surface area contributed by atoms with Gasteiger partial charge < -0.3 is 10.1 Å². The van der Waals surface area contributed by atoms with Crippen molar-refractivity contribution in [2.24, 2.45) is 0 Å². The minimum Gasteiger partial charge on any atom is -0.496 e. The first kappa shape index (κ1) is 15.5. The van der Waals surface area contributed by atoms with E-state index in [1.807, 2.05) is 18.5 Å². The maximum absolute atomic E-state index is 5.69. The second kappa shape index (κ2) is 6.72. The number of hydrogen-bond acceptors (Lipinski definition) is 3. The Kier molecular flexibility index (Phi) is 4.97. The molecule has 1 N–H and O–H groups in total. The molecule has 0 saturated carbocycles. The first-order valence-electron chi connectivity index (χ1n) is 7.38. The van der Waals surface area contributed by atoms with Crippen LogP contribution in [0.15, 0.2) is 30.6 Å². The van der Waals surface area contributed by atoms with Crippen molar-refractivity contribution in [2.75, 3.05) is 13.7 Å². The number of nitrogens with zero attached hydrogens (tertiary/aromatic N) is 1. The highest BCUT2D eigenvalue weighted by Crippen LogP contribution is 2.34. The van der Waals surface area contributed by atoms with Crippen molar-refractivity contribution in [1.29, 1.82) is 0 Å². The third-order valence-corrected chi connectivity index (χ3v) is 4.02. The molecule has 0 radical (unpaired) electrons. The molecule has 0 bridgehead atoms. The molecule has 0 fully saturated rings. The van der Waals surface area contributed by atoms with Crippen LogP contribution in [-0.2, 0) is 0 Å². The predicted octanol–water partition coefficient (Wildman–Crippen LogP) is 3.71. The van der Waals surface area contributed by atoms with Crippen molar-refractivity contribution in [1.82, 2.24) is 10.3 Å². The zero-order valence-electron chi connectivity index (χ0n) is 13.5. The minimum absolute atomic E-state index is 0.0953. The fraction of sp³-hybridized carbons (Fsp3) is 0.389. The molecule has 1 atom stereocenters. The lowest BCUT2D eigenvalue weighted by molar-refractivity contribution is 0.400. The van der Waals surface area contributed by atoms with Crippen LogP contribution in [0.1, 0.15) is 40.8 Å². The van der Waals surface area contributed by atoms with Gasteiger partial charge in [0, 0.05) is 18.0 Å². The van der Waals surface area contributed by atoms with Gasteiger partial charge >= 0.3 is 0 Å². The zero-order valence-corrected chi connectivity index (χ0v) is 13.5. The molecule has 0 amide bonds. The van der Waals surface area contributed by atoms with Gasteiger partial charge in [-0.3, -0.25) is 4.98 Å². The van der Waals surface area contributed by atoms with E-state index < -0.39 is 0 Å². The summed E-state index contributed by atoms with van der Waals surface area (Å²) in [6.45, 7) is 9.34. The van der Waals surface area contributed by atoms with Gasteiger partial charge in [-0.25, -0.2) is 0 Å². The molecule has 21 heavy (non-hydrogen) atoms. The summed E-state index contributed by atoms with van der Waals surface area (Å²) in [4.78, 5) is 4.29. The van der Waals surface area contributed by atoms with Crippen molar-refractivity contribution >= 4 is 0 Å². The van der Waals surface area contributed by atoms with E-state index in [1.165, 1.54) is 27.8 Å². The summed E-state index contributed by atoms with van der Waals surface area (Å²) in [6, 6.07) is 6.45. The third kappa shape index (κ3) is 3.08. The number of nitrogens with one attached hydrogen (secondary N) is 1. The van der Waals surface area contributed by atoms with E-state index >= 15 is 0 Å². The molecular formula is C18H24N2O. The number of benzene rings is 1. The number of hydrogen-bond donors (Lipinski definition) is 1. The van der Waals surface area contributed by atoms with Gasteiger partial charge in [0.25, 0.3) is 0 Å². The molecule has 3 nitrogen and oxygen atoms in total. The van der Waals surface area contributed by atoms with E-state index in [9.17, 15) is 0 Å².